The van der Waals surface area contributed by atoms with Gasteiger partial charge in [-0.15, -0.1) is 0 Å². The van der Waals surface area contributed by atoms with Gasteiger partial charge >= 0.3 is 0 Å². The van der Waals surface area contributed by atoms with E-state index in [0.29, 0.717) is 0 Å². The van der Waals surface area contributed by atoms with Crippen molar-refractivity contribution in [3.63, 3.8) is 0 Å². The summed E-state index contributed by atoms with van der Waals surface area (Å²) in [5.41, 5.74) is 8.54. The maximum Gasteiger partial charge on any atom is 0.0696 e. The molecule has 1 aromatic heterocycles. The number of nitrogens with zero attached hydrogens (tertiary/aromatic N) is 2. The van der Waals surface area contributed by atoms with Gasteiger partial charge in [0, 0.05) is 18.3 Å². The predicted molar refractivity (Wildman–Crippen MR) is 78.8 cm³/mol. The molecule has 0 radical (unpaired) electrons. The van der Waals surface area contributed by atoms with Crippen LogP contribution >= 0.6 is 0 Å². The SMILES string of the molecule is CCCn1cc(C(N)(CCC)c2ccccc2)cn1. The Hall–Kier alpha value is -1.61. The van der Waals surface area contributed by atoms with Crippen LogP contribution in [0.3, 0.4) is 0 Å². The molecule has 0 saturated carbocycles. The molecule has 2 N–H and O–H groups in total. The number of aromatic nitrogens is 2. The highest BCUT2D eigenvalue weighted by Crippen LogP contribution is 2.31. The van der Waals surface area contributed by atoms with Crippen molar-refractivity contribution in [2.24, 2.45) is 5.73 Å². The standard InChI is InChI=1S/C16H23N3/c1-3-10-16(17,14-8-6-5-7-9-14)15-12-18-19(13-15)11-4-2/h5-9,12-13H,3-4,10-11,17H2,1-2H3. The van der Waals surface area contributed by atoms with Crippen LogP contribution in [0.25, 0.3) is 0 Å². The lowest BCUT2D eigenvalue weighted by Crippen LogP contribution is -2.37. The molecule has 0 fully saturated rings. The van der Waals surface area contributed by atoms with Crippen molar-refractivity contribution in [3.05, 3.63) is 53.9 Å². The Balaban J connectivity index is 2.38. The average molecular weight is 257 g/mol. The molecular weight excluding hydrogens is 234 g/mol. The minimum Gasteiger partial charge on any atom is -0.318 e. The lowest BCUT2D eigenvalue weighted by Gasteiger charge is -2.28. The number of aryl methyl sites for hydroxylation is 1. The van der Waals surface area contributed by atoms with Crippen LogP contribution in [-0.4, -0.2) is 9.78 Å². The number of hydrogen-bond acceptors (Lipinski definition) is 2. The second-order valence-electron chi connectivity index (χ2n) is 5.08. The van der Waals surface area contributed by atoms with Crippen LogP contribution in [0.15, 0.2) is 42.7 Å². The van der Waals surface area contributed by atoms with E-state index in [1.165, 1.54) is 0 Å². The second kappa shape index (κ2) is 6.02. The van der Waals surface area contributed by atoms with Gasteiger partial charge in [0.1, 0.15) is 0 Å². The van der Waals surface area contributed by atoms with E-state index in [-0.39, 0.29) is 0 Å². The van der Waals surface area contributed by atoms with Gasteiger partial charge in [0.15, 0.2) is 0 Å². The summed E-state index contributed by atoms with van der Waals surface area (Å²) < 4.78 is 1.98. The molecule has 0 spiro atoms. The molecular formula is C16H23N3. The van der Waals surface area contributed by atoms with Gasteiger partial charge in [-0.3, -0.25) is 4.68 Å². The molecule has 0 bridgehead atoms. The molecule has 1 heterocycles. The van der Waals surface area contributed by atoms with Crippen molar-refractivity contribution >= 4 is 0 Å². The van der Waals surface area contributed by atoms with Crippen LogP contribution in [0.5, 0.6) is 0 Å². The maximum atomic E-state index is 6.71. The first-order valence-electron chi connectivity index (χ1n) is 7.08. The third-order valence-electron chi connectivity index (χ3n) is 3.53. The van der Waals surface area contributed by atoms with E-state index in [1.807, 2.05) is 29.1 Å². The monoisotopic (exact) mass is 257 g/mol. The van der Waals surface area contributed by atoms with Gasteiger partial charge in [-0.05, 0) is 18.4 Å². The first kappa shape index (κ1) is 13.8. The molecule has 102 valence electrons. The highest BCUT2D eigenvalue weighted by molar-refractivity contribution is 5.35. The lowest BCUT2D eigenvalue weighted by molar-refractivity contribution is 0.483. The molecule has 2 aromatic rings. The molecule has 0 aliphatic rings. The Morgan fingerprint density at radius 1 is 1.11 bits per heavy atom. The largest absolute Gasteiger partial charge is 0.318 e. The minimum absolute atomic E-state index is 0.429. The van der Waals surface area contributed by atoms with E-state index in [1.54, 1.807) is 0 Å². The molecule has 1 atom stereocenters. The zero-order valence-electron chi connectivity index (χ0n) is 11.8. The van der Waals surface area contributed by atoms with Gasteiger partial charge in [-0.2, -0.15) is 5.10 Å². The predicted octanol–water partition coefficient (Wildman–Crippen LogP) is 3.30. The highest BCUT2D eigenvalue weighted by atomic mass is 15.3. The van der Waals surface area contributed by atoms with E-state index >= 15 is 0 Å². The van der Waals surface area contributed by atoms with Crippen molar-refractivity contribution in [2.45, 2.75) is 45.2 Å². The van der Waals surface area contributed by atoms with Crippen LogP contribution in [-0.2, 0) is 12.1 Å². The Bertz CT molecular complexity index is 504. The summed E-state index contributed by atoms with van der Waals surface area (Å²) in [6.45, 7) is 5.26. The molecule has 2 rings (SSSR count). The summed E-state index contributed by atoms with van der Waals surface area (Å²) >= 11 is 0. The Morgan fingerprint density at radius 3 is 2.47 bits per heavy atom. The Kier molecular flexibility index (Phi) is 4.38. The van der Waals surface area contributed by atoms with Crippen molar-refractivity contribution in [1.29, 1.82) is 0 Å². The van der Waals surface area contributed by atoms with Crippen LogP contribution in [0.1, 0.15) is 44.2 Å². The van der Waals surface area contributed by atoms with Crippen molar-refractivity contribution in [3.8, 4) is 0 Å². The quantitative estimate of drug-likeness (QED) is 0.863. The molecule has 1 aromatic carbocycles. The first-order valence-corrected chi connectivity index (χ1v) is 7.08. The summed E-state index contributed by atoms with van der Waals surface area (Å²) in [4.78, 5) is 0. The van der Waals surface area contributed by atoms with E-state index in [4.69, 9.17) is 5.73 Å². The van der Waals surface area contributed by atoms with Crippen molar-refractivity contribution in [2.75, 3.05) is 0 Å². The smallest absolute Gasteiger partial charge is 0.0696 e. The molecule has 19 heavy (non-hydrogen) atoms. The number of nitrogens with two attached hydrogens (primary N) is 1. The Labute approximate surface area is 115 Å². The highest BCUT2D eigenvalue weighted by Gasteiger charge is 2.29. The van der Waals surface area contributed by atoms with Gasteiger partial charge in [0.25, 0.3) is 0 Å². The van der Waals surface area contributed by atoms with Gasteiger partial charge in [-0.25, -0.2) is 0 Å². The zero-order chi connectivity index (χ0) is 13.7. The normalized spacial score (nSPS) is 14.3. The molecule has 0 saturated heterocycles. The lowest BCUT2D eigenvalue weighted by atomic mass is 9.82. The summed E-state index contributed by atoms with van der Waals surface area (Å²) in [5.74, 6) is 0. The molecule has 0 aliphatic heterocycles. The first-order chi connectivity index (χ1) is 9.20. The average Bonchev–Trinajstić information content (AvgIpc) is 2.90. The fourth-order valence-electron chi connectivity index (χ4n) is 2.53. The van der Waals surface area contributed by atoms with Gasteiger partial charge in [0.2, 0.25) is 0 Å². The van der Waals surface area contributed by atoms with Crippen LogP contribution in [0, 0.1) is 0 Å². The molecule has 3 heteroatoms. The van der Waals surface area contributed by atoms with Crippen LogP contribution < -0.4 is 5.73 Å². The summed E-state index contributed by atoms with van der Waals surface area (Å²) in [6.07, 6.45) is 7.06. The fourth-order valence-corrected chi connectivity index (χ4v) is 2.53. The van der Waals surface area contributed by atoms with Crippen LogP contribution in [0.4, 0.5) is 0 Å². The molecule has 0 amide bonds. The van der Waals surface area contributed by atoms with E-state index in [9.17, 15) is 0 Å². The van der Waals surface area contributed by atoms with Crippen molar-refractivity contribution < 1.29 is 0 Å². The zero-order valence-corrected chi connectivity index (χ0v) is 11.8. The molecule has 3 nitrogen and oxygen atoms in total. The summed E-state index contributed by atoms with van der Waals surface area (Å²) in [5, 5.41) is 4.42. The Morgan fingerprint density at radius 2 is 1.84 bits per heavy atom. The van der Waals surface area contributed by atoms with E-state index in [0.717, 1.165) is 36.9 Å². The number of hydrogen-bond donors (Lipinski definition) is 1. The molecule has 1 unspecified atom stereocenters. The van der Waals surface area contributed by atoms with E-state index < -0.39 is 5.54 Å². The topological polar surface area (TPSA) is 43.8 Å². The summed E-state index contributed by atoms with van der Waals surface area (Å²) in [7, 11) is 0. The van der Waals surface area contributed by atoms with Gasteiger partial charge in [0.05, 0.1) is 11.7 Å². The van der Waals surface area contributed by atoms with E-state index in [2.05, 4.69) is 37.3 Å². The third kappa shape index (κ3) is 2.87. The van der Waals surface area contributed by atoms with Gasteiger partial charge < -0.3 is 5.73 Å². The number of rotatable bonds is 6. The third-order valence-corrected chi connectivity index (χ3v) is 3.53. The van der Waals surface area contributed by atoms with Crippen molar-refractivity contribution in [1.82, 2.24) is 9.78 Å². The van der Waals surface area contributed by atoms with Gasteiger partial charge in [-0.1, -0.05) is 50.6 Å². The minimum atomic E-state index is -0.429. The molecule has 0 aliphatic carbocycles. The number of benzene rings is 1. The maximum absolute atomic E-state index is 6.71. The summed E-state index contributed by atoms with van der Waals surface area (Å²) in [6, 6.07) is 10.3. The van der Waals surface area contributed by atoms with Crippen LogP contribution in [0.2, 0.25) is 0 Å². The second-order valence-corrected chi connectivity index (χ2v) is 5.08. The fraction of sp³-hybridized carbons (Fsp3) is 0.438.